The van der Waals surface area contributed by atoms with Gasteiger partial charge in [0.25, 0.3) is 0 Å². The van der Waals surface area contributed by atoms with Gasteiger partial charge in [-0.05, 0) is 54.3 Å². The van der Waals surface area contributed by atoms with Crippen molar-refractivity contribution in [1.29, 1.82) is 0 Å². The third-order valence-electron chi connectivity index (χ3n) is 5.64. The maximum Gasteiger partial charge on any atom is 0.228 e. The SMILES string of the molecule is COc1ccc(NC(=O)C2C[C@H]2c2ccc3c(Nc4ncncc4OC)n[nH]c3c2)cc1. The van der Waals surface area contributed by atoms with Gasteiger partial charge >= 0.3 is 0 Å². The van der Waals surface area contributed by atoms with Gasteiger partial charge in [0.15, 0.2) is 17.4 Å². The predicted octanol–water partition coefficient (Wildman–Crippen LogP) is 3.86. The molecule has 0 aliphatic heterocycles. The fourth-order valence-electron chi connectivity index (χ4n) is 3.80. The van der Waals surface area contributed by atoms with Crippen LogP contribution < -0.4 is 20.1 Å². The van der Waals surface area contributed by atoms with Gasteiger partial charge in [-0.15, -0.1) is 0 Å². The minimum Gasteiger partial charge on any atom is -0.497 e. The van der Waals surface area contributed by atoms with Crippen LogP contribution in [0.2, 0.25) is 0 Å². The summed E-state index contributed by atoms with van der Waals surface area (Å²) in [4.78, 5) is 20.8. The van der Waals surface area contributed by atoms with E-state index in [0.717, 1.165) is 34.3 Å². The smallest absolute Gasteiger partial charge is 0.228 e. The van der Waals surface area contributed by atoms with Gasteiger partial charge in [0.2, 0.25) is 5.91 Å². The number of hydrogen-bond acceptors (Lipinski definition) is 7. The van der Waals surface area contributed by atoms with Crippen molar-refractivity contribution in [3.8, 4) is 11.5 Å². The number of H-pyrrole nitrogens is 1. The van der Waals surface area contributed by atoms with Crippen LogP contribution in [0.15, 0.2) is 55.0 Å². The molecule has 1 amide bonds. The first kappa shape index (κ1) is 19.8. The number of hydrogen-bond donors (Lipinski definition) is 3. The molecule has 1 aliphatic carbocycles. The Morgan fingerprint density at radius 3 is 2.72 bits per heavy atom. The molecule has 2 aromatic heterocycles. The molecule has 2 heterocycles. The monoisotopic (exact) mass is 430 g/mol. The normalized spacial score (nSPS) is 17.1. The molecule has 0 saturated heterocycles. The summed E-state index contributed by atoms with van der Waals surface area (Å²) in [6, 6.07) is 13.4. The third-order valence-corrected chi connectivity index (χ3v) is 5.64. The number of methoxy groups -OCH3 is 2. The molecule has 0 radical (unpaired) electrons. The summed E-state index contributed by atoms with van der Waals surface area (Å²) < 4.78 is 10.4. The molecule has 1 aliphatic rings. The molecule has 2 atom stereocenters. The highest BCUT2D eigenvalue weighted by Crippen LogP contribution is 2.48. The average molecular weight is 430 g/mol. The van der Waals surface area contributed by atoms with Gasteiger partial charge in [-0.3, -0.25) is 9.89 Å². The van der Waals surface area contributed by atoms with Crippen LogP contribution in [0.4, 0.5) is 17.3 Å². The highest BCUT2D eigenvalue weighted by atomic mass is 16.5. The Morgan fingerprint density at radius 2 is 1.94 bits per heavy atom. The van der Waals surface area contributed by atoms with Crippen LogP contribution in [-0.4, -0.2) is 40.3 Å². The molecular formula is C23H22N6O3. The standard InChI is InChI=1S/C23H22N6O3/c1-31-15-6-4-14(5-7-15)26-23(30)18-10-17(18)13-3-8-16-19(9-13)28-29-21(16)27-22-20(32-2)11-24-12-25-22/h3-9,11-12,17-18H,10H2,1-2H3,(H,26,30)(H2,24,25,27,28,29)/t17-,18?/m0/s1. The number of rotatable bonds is 7. The minimum absolute atomic E-state index is 0.0306. The Bertz CT molecular complexity index is 1270. The Hall–Kier alpha value is -4.14. The van der Waals surface area contributed by atoms with Crippen LogP contribution in [0.1, 0.15) is 17.9 Å². The Labute approximate surface area is 184 Å². The number of fused-ring (bicyclic) bond motifs is 1. The molecule has 32 heavy (non-hydrogen) atoms. The lowest BCUT2D eigenvalue weighted by atomic mass is 10.1. The van der Waals surface area contributed by atoms with Crippen LogP contribution in [-0.2, 0) is 4.79 Å². The van der Waals surface area contributed by atoms with Crippen LogP contribution in [0.25, 0.3) is 10.9 Å². The lowest BCUT2D eigenvalue weighted by Crippen LogP contribution is -2.14. The predicted molar refractivity (Wildman–Crippen MR) is 120 cm³/mol. The van der Waals surface area contributed by atoms with E-state index >= 15 is 0 Å². The van der Waals surface area contributed by atoms with E-state index in [1.54, 1.807) is 20.4 Å². The van der Waals surface area contributed by atoms with E-state index in [1.165, 1.54) is 6.33 Å². The fourth-order valence-corrected chi connectivity index (χ4v) is 3.80. The minimum atomic E-state index is -0.0413. The van der Waals surface area contributed by atoms with E-state index in [9.17, 15) is 4.79 Å². The number of anilines is 3. The van der Waals surface area contributed by atoms with Gasteiger partial charge in [0, 0.05) is 17.0 Å². The lowest BCUT2D eigenvalue weighted by molar-refractivity contribution is -0.117. The molecule has 4 aromatic rings. The number of benzene rings is 2. The molecule has 1 fully saturated rings. The van der Waals surface area contributed by atoms with E-state index in [2.05, 4.69) is 36.9 Å². The van der Waals surface area contributed by atoms with Crippen molar-refractivity contribution in [1.82, 2.24) is 20.2 Å². The van der Waals surface area contributed by atoms with Crippen LogP contribution in [0.3, 0.4) is 0 Å². The Morgan fingerprint density at radius 1 is 1.09 bits per heavy atom. The highest BCUT2D eigenvalue weighted by molar-refractivity contribution is 5.96. The van der Waals surface area contributed by atoms with Gasteiger partial charge in [-0.2, -0.15) is 5.10 Å². The number of aromatic nitrogens is 4. The molecule has 5 rings (SSSR count). The van der Waals surface area contributed by atoms with E-state index in [-0.39, 0.29) is 17.7 Å². The van der Waals surface area contributed by atoms with Crippen LogP contribution >= 0.6 is 0 Å². The zero-order valence-electron chi connectivity index (χ0n) is 17.6. The zero-order chi connectivity index (χ0) is 22.1. The first-order chi connectivity index (χ1) is 15.7. The molecular weight excluding hydrogens is 408 g/mol. The van der Waals surface area contributed by atoms with Crippen molar-refractivity contribution < 1.29 is 14.3 Å². The van der Waals surface area contributed by atoms with Crippen molar-refractivity contribution >= 4 is 34.1 Å². The second-order valence-corrected chi connectivity index (χ2v) is 7.61. The summed E-state index contributed by atoms with van der Waals surface area (Å²) >= 11 is 0. The molecule has 0 bridgehead atoms. The quantitative estimate of drug-likeness (QED) is 0.408. The first-order valence-corrected chi connectivity index (χ1v) is 10.2. The maximum atomic E-state index is 12.6. The second kappa shape index (κ2) is 8.18. The zero-order valence-corrected chi connectivity index (χ0v) is 17.6. The van der Waals surface area contributed by atoms with Crippen molar-refractivity contribution in [3.05, 3.63) is 60.6 Å². The van der Waals surface area contributed by atoms with Crippen LogP contribution in [0.5, 0.6) is 11.5 Å². The van der Waals surface area contributed by atoms with Crippen molar-refractivity contribution in [2.45, 2.75) is 12.3 Å². The first-order valence-electron chi connectivity index (χ1n) is 10.2. The number of carbonyl (C=O) groups is 1. The van der Waals surface area contributed by atoms with Gasteiger partial charge < -0.3 is 20.1 Å². The number of amides is 1. The Kier molecular flexibility index (Phi) is 5.06. The molecule has 9 heteroatoms. The summed E-state index contributed by atoms with van der Waals surface area (Å²) in [6.45, 7) is 0. The molecule has 162 valence electrons. The van der Waals surface area contributed by atoms with Crippen molar-refractivity contribution in [3.63, 3.8) is 0 Å². The highest BCUT2D eigenvalue weighted by Gasteiger charge is 2.44. The summed E-state index contributed by atoms with van der Waals surface area (Å²) in [6.07, 6.45) is 3.86. The number of aromatic amines is 1. The molecule has 3 N–H and O–H groups in total. The number of carbonyl (C=O) groups excluding carboxylic acids is 1. The van der Waals surface area contributed by atoms with Gasteiger partial charge in [0.1, 0.15) is 12.1 Å². The summed E-state index contributed by atoms with van der Waals surface area (Å²) in [7, 11) is 3.18. The average Bonchev–Trinajstić information content (AvgIpc) is 3.55. The summed E-state index contributed by atoms with van der Waals surface area (Å²) in [5.74, 6) is 2.66. The van der Waals surface area contributed by atoms with E-state index in [1.807, 2.05) is 36.4 Å². The largest absolute Gasteiger partial charge is 0.497 e. The summed E-state index contributed by atoms with van der Waals surface area (Å²) in [5.41, 5.74) is 2.77. The number of nitrogens with one attached hydrogen (secondary N) is 3. The summed E-state index contributed by atoms with van der Waals surface area (Å²) in [5, 5.41) is 14.5. The van der Waals surface area contributed by atoms with E-state index < -0.39 is 0 Å². The van der Waals surface area contributed by atoms with Crippen molar-refractivity contribution in [2.24, 2.45) is 5.92 Å². The van der Waals surface area contributed by atoms with E-state index in [0.29, 0.717) is 17.4 Å². The van der Waals surface area contributed by atoms with Crippen LogP contribution in [0, 0.1) is 5.92 Å². The molecule has 9 nitrogen and oxygen atoms in total. The van der Waals surface area contributed by atoms with E-state index in [4.69, 9.17) is 9.47 Å². The molecule has 1 saturated carbocycles. The van der Waals surface area contributed by atoms with Gasteiger partial charge in [-0.1, -0.05) is 6.07 Å². The number of ether oxygens (including phenoxy) is 2. The topological polar surface area (TPSA) is 114 Å². The number of nitrogens with zero attached hydrogens (tertiary/aromatic N) is 3. The lowest BCUT2D eigenvalue weighted by Gasteiger charge is -2.07. The van der Waals surface area contributed by atoms with Gasteiger partial charge in [0.05, 0.1) is 25.9 Å². The Balaban J connectivity index is 1.28. The molecule has 0 spiro atoms. The fraction of sp³-hybridized carbons (Fsp3) is 0.217. The third kappa shape index (κ3) is 3.80. The maximum absolute atomic E-state index is 12.6. The second-order valence-electron chi connectivity index (χ2n) is 7.61. The van der Waals surface area contributed by atoms with Crippen molar-refractivity contribution in [2.75, 3.05) is 24.9 Å². The van der Waals surface area contributed by atoms with Gasteiger partial charge in [-0.25, -0.2) is 9.97 Å². The molecule has 2 aromatic carbocycles. The molecule has 1 unspecified atom stereocenters.